The van der Waals surface area contributed by atoms with Crippen LogP contribution in [0.4, 0.5) is 11.4 Å². The molecule has 0 aliphatic carbocycles. The summed E-state index contributed by atoms with van der Waals surface area (Å²) >= 11 is 5.21. The Morgan fingerprint density at radius 3 is 2.75 bits per heavy atom. The molecule has 0 aromatic heterocycles. The lowest BCUT2D eigenvalue weighted by atomic mass is 10.1. The van der Waals surface area contributed by atoms with E-state index in [2.05, 4.69) is 34.2 Å². The van der Waals surface area contributed by atoms with Crippen molar-refractivity contribution in [2.75, 3.05) is 11.1 Å². The molecule has 0 spiro atoms. The Balaban J connectivity index is 2.35. The summed E-state index contributed by atoms with van der Waals surface area (Å²) in [5, 5.41) is 12.7. The number of anilines is 2. The zero-order valence-electron chi connectivity index (χ0n) is 11.4. The molecule has 2 nitrogen and oxygen atoms in total. The van der Waals surface area contributed by atoms with E-state index in [0.29, 0.717) is 5.56 Å². The van der Waals surface area contributed by atoms with E-state index < -0.39 is 0 Å². The van der Waals surface area contributed by atoms with E-state index in [1.807, 2.05) is 43.3 Å². The van der Waals surface area contributed by atoms with Gasteiger partial charge >= 0.3 is 0 Å². The number of benzene rings is 2. The summed E-state index contributed by atoms with van der Waals surface area (Å²) in [5.74, 6) is 0.953. The number of nitrogens with zero attached hydrogens (tertiary/aromatic N) is 1. The van der Waals surface area contributed by atoms with Gasteiger partial charge in [0.25, 0.3) is 0 Å². The van der Waals surface area contributed by atoms with Crippen LogP contribution in [0.3, 0.4) is 0 Å². The molecule has 0 amide bonds. The first-order valence-electron chi connectivity index (χ1n) is 6.34. The fraction of sp³-hybridized carbons (Fsp3) is 0.188. The Labute approximate surface area is 132 Å². The second-order valence-electron chi connectivity index (χ2n) is 4.31. The number of thioether (sulfide) groups is 1. The summed E-state index contributed by atoms with van der Waals surface area (Å²) in [6, 6.07) is 14.3. The molecular formula is C16H15BrN2S. The molecule has 0 bridgehead atoms. The minimum atomic E-state index is 0.705. The molecule has 1 N–H and O–H groups in total. The predicted molar refractivity (Wildman–Crippen MR) is 89.7 cm³/mol. The minimum absolute atomic E-state index is 0.705. The van der Waals surface area contributed by atoms with Crippen molar-refractivity contribution < 1.29 is 0 Å². The average Bonchev–Trinajstić information content (AvgIpc) is 2.44. The van der Waals surface area contributed by atoms with Crippen molar-refractivity contribution in [3.8, 4) is 6.07 Å². The maximum Gasteiger partial charge on any atom is 0.103 e. The van der Waals surface area contributed by atoms with Crippen LogP contribution in [0.2, 0.25) is 0 Å². The van der Waals surface area contributed by atoms with E-state index in [4.69, 9.17) is 0 Å². The molecule has 20 heavy (non-hydrogen) atoms. The van der Waals surface area contributed by atoms with Gasteiger partial charge in [0, 0.05) is 15.1 Å². The van der Waals surface area contributed by atoms with E-state index in [9.17, 15) is 5.26 Å². The van der Waals surface area contributed by atoms with Crippen molar-refractivity contribution in [1.29, 1.82) is 5.26 Å². The Morgan fingerprint density at radius 2 is 2.10 bits per heavy atom. The van der Waals surface area contributed by atoms with Gasteiger partial charge in [0.1, 0.15) is 6.07 Å². The molecule has 2 aromatic carbocycles. The highest BCUT2D eigenvalue weighted by molar-refractivity contribution is 9.10. The lowest BCUT2D eigenvalue weighted by Gasteiger charge is -2.12. The molecular weight excluding hydrogens is 332 g/mol. The third kappa shape index (κ3) is 3.36. The van der Waals surface area contributed by atoms with Crippen LogP contribution in [0.1, 0.15) is 18.1 Å². The Kier molecular flexibility index (Phi) is 5.11. The zero-order valence-corrected chi connectivity index (χ0v) is 13.8. The number of hydrogen-bond donors (Lipinski definition) is 1. The third-order valence-electron chi connectivity index (χ3n) is 2.89. The van der Waals surface area contributed by atoms with E-state index in [0.717, 1.165) is 26.5 Å². The summed E-state index contributed by atoms with van der Waals surface area (Å²) in [6.45, 7) is 4.14. The number of nitriles is 1. The van der Waals surface area contributed by atoms with Gasteiger partial charge in [-0.05, 0) is 42.5 Å². The van der Waals surface area contributed by atoms with E-state index in [1.165, 1.54) is 5.56 Å². The van der Waals surface area contributed by atoms with Crippen LogP contribution < -0.4 is 5.32 Å². The molecule has 0 saturated heterocycles. The van der Waals surface area contributed by atoms with Gasteiger partial charge in [-0.1, -0.05) is 35.0 Å². The molecule has 0 radical (unpaired) electrons. The van der Waals surface area contributed by atoms with Crippen LogP contribution in [0.5, 0.6) is 0 Å². The summed E-state index contributed by atoms with van der Waals surface area (Å²) in [4.78, 5) is 1.02. The van der Waals surface area contributed by atoms with Gasteiger partial charge in [-0.15, -0.1) is 11.8 Å². The summed E-state index contributed by atoms with van der Waals surface area (Å²) in [6.07, 6.45) is 0. The molecule has 2 aromatic rings. The second-order valence-corrected chi connectivity index (χ2v) is 6.47. The minimum Gasteiger partial charge on any atom is -0.354 e. The topological polar surface area (TPSA) is 35.8 Å². The van der Waals surface area contributed by atoms with Gasteiger partial charge in [0.15, 0.2) is 0 Å². The predicted octanol–water partition coefficient (Wildman–Crippen LogP) is 5.48. The first-order chi connectivity index (χ1) is 9.65. The molecule has 0 aliphatic heterocycles. The van der Waals surface area contributed by atoms with Crippen molar-refractivity contribution in [2.24, 2.45) is 0 Å². The zero-order chi connectivity index (χ0) is 14.5. The van der Waals surface area contributed by atoms with Crippen molar-refractivity contribution in [3.05, 3.63) is 52.0 Å². The van der Waals surface area contributed by atoms with Crippen molar-refractivity contribution in [3.63, 3.8) is 0 Å². The molecule has 102 valence electrons. The van der Waals surface area contributed by atoms with Gasteiger partial charge in [0.2, 0.25) is 0 Å². The number of rotatable bonds is 4. The number of halogens is 1. The second kappa shape index (κ2) is 6.83. The van der Waals surface area contributed by atoms with Crippen molar-refractivity contribution in [2.45, 2.75) is 18.7 Å². The molecule has 0 atom stereocenters. The van der Waals surface area contributed by atoms with Gasteiger partial charge in [-0.3, -0.25) is 0 Å². The van der Waals surface area contributed by atoms with Crippen molar-refractivity contribution >= 4 is 39.1 Å². The highest BCUT2D eigenvalue weighted by Gasteiger charge is 2.08. The fourth-order valence-electron chi connectivity index (χ4n) is 1.85. The quantitative estimate of drug-likeness (QED) is 0.744. The Hall–Kier alpha value is -1.44. The smallest absolute Gasteiger partial charge is 0.103 e. The van der Waals surface area contributed by atoms with Gasteiger partial charge in [0.05, 0.1) is 11.3 Å². The summed E-state index contributed by atoms with van der Waals surface area (Å²) in [5.41, 5.74) is 3.71. The molecule has 0 saturated carbocycles. The number of hydrogen-bond acceptors (Lipinski definition) is 3. The molecule has 0 unspecified atom stereocenters. The fourth-order valence-corrected chi connectivity index (χ4v) is 3.02. The number of nitrogens with one attached hydrogen (secondary N) is 1. The SMILES string of the molecule is CCSc1cccc(Nc2ccc(C)c(Br)c2)c1C#N. The van der Waals surface area contributed by atoms with Crippen LogP contribution in [-0.2, 0) is 0 Å². The standard InChI is InChI=1S/C16H15BrN2S/c1-3-20-16-6-4-5-15(13(16)10-18)19-12-8-7-11(2)14(17)9-12/h4-9,19H,3H2,1-2H3. The average molecular weight is 347 g/mol. The van der Waals surface area contributed by atoms with E-state index in [1.54, 1.807) is 11.8 Å². The largest absolute Gasteiger partial charge is 0.354 e. The van der Waals surface area contributed by atoms with Gasteiger partial charge in [-0.2, -0.15) is 5.26 Å². The first kappa shape index (κ1) is 15.0. The number of aryl methyl sites for hydroxylation is 1. The lowest BCUT2D eigenvalue weighted by Crippen LogP contribution is -1.95. The van der Waals surface area contributed by atoms with Crippen LogP contribution in [0, 0.1) is 18.3 Å². The Bertz CT molecular complexity index is 662. The summed E-state index contributed by atoms with van der Waals surface area (Å²) in [7, 11) is 0. The van der Waals surface area contributed by atoms with Crippen LogP contribution in [-0.4, -0.2) is 5.75 Å². The lowest BCUT2D eigenvalue weighted by molar-refractivity contribution is 1.34. The highest BCUT2D eigenvalue weighted by Crippen LogP contribution is 2.30. The molecule has 0 fully saturated rings. The Morgan fingerprint density at radius 1 is 1.30 bits per heavy atom. The van der Waals surface area contributed by atoms with Crippen LogP contribution >= 0.6 is 27.7 Å². The normalized spacial score (nSPS) is 10.1. The maximum absolute atomic E-state index is 9.39. The van der Waals surface area contributed by atoms with Crippen LogP contribution in [0.15, 0.2) is 45.8 Å². The van der Waals surface area contributed by atoms with E-state index in [-0.39, 0.29) is 0 Å². The van der Waals surface area contributed by atoms with Gasteiger partial charge < -0.3 is 5.32 Å². The van der Waals surface area contributed by atoms with Crippen molar-refractivity contribution in [1.82, 2.24) is 0 Å². The molecule has 0 heterocycles. The monoisotopic (exact) mass is 346 g/mol. The third-order valence-corrected chi connectivity index (χ3v) is 4.68. The molecule has 4 heteroatoms. The van der Waals surface area contributed by atoms with Gasteiger partial charge in [-0.25, -0.2) is 0 Å². The maximum atomic E-state index is 9.39. The molecule has 2 rings (SSSR count). The van der Waals surface area contributed by atoms with E-state index >= 15 is 0 Å². The molecule has 0 aliphatic rings. The highest BCUT2D eigenvalue weighted by atomic mass is 79.9. The van der Waals surface area contributed by atoms with Crippen LogP contribution in [0.25, 0.3) is 0 Å². The summed E-state index contributed by atoms with van der Waals surface area (Å²) < 4.78 is 1.06. The first-order valence-corrected chi connectivity index (χ1v) is 8.12.